The third-order valence-electron chi connectivity index (χ3n) is 2.56. The van der Waals surface area contributed by atoms with Crippen LogP contribution in [0.1, 0.15) is 46.5 Å². The van der Waals surface area contributed by atoms with Gasteiger partial charge >= 0.3 is 0 Å². The first kappa shape index (κ1) is 14.3. The minimum absolute atomic E-state index is 0.722. The van der Waals surface area contributed by atoms with Gasteiger partial charge in [-0.05, 0) is 36.9 Å². The maximum Gasteiger partial charge on any atom is 0.0491 e. The van der Waals surface area contributed by atoms with Gasteiger partial charge in [-0.1, -0.05) is 27.2 Å². The van der Waals surface area contributed by atoms with Crippen LogP contribution in [-0.2, 0) is 4.74 Å². The lowest BCUT2D eigenvalue weighted by Crippen LogP contribution is -2.09. The molecular formula is C12H26OS. The quantitative estimate of drug-likeness (QED) is 0.458. The van der Waals surface area contributed by atoms with Crippen LogP contribution in [0.5, 0.6) is 0 Å². The van der Waals surface area contributed by atoms with Crippen molar-refractivity contribution in [3.63, 3.8) is 0 Å². The fourth-order valence-corrected chi connectivity index (χ4v) is 1.95. The second-order valence-corrected chi connectivity index (χ2v) is 4.82. The summed E-state index contributed by atoms with van der Waals surface area (Å²) < 4.78 is 5.64. The molecule has 2 atom stereocenters. The van der Waals surface area contributed by atoms with Gasteiger partial charge in [-0.2, -0.15) is 12.6 Å². The summed E-state index contributed by atoms with van der Waals surface area (Å²) in [6, 6.07) is 0. The van der Waals surface area contributed by atoms with Gasteiger partial charge in [-0.3, -0.25) is 0 Å². The lowest BCUT2D eigenvalue weighted by atomic mass is 10.1. The molecule has 0 bridgehead atoms. The van der Waals surface area contributed by atoms with Gasteiger partial charge in [0.05, 0.1) is 0 Å². The van der Waals surface area contributed by atoms with Crippen molar-refractivity contribution < 1.29 is 4.74 Å². The van der Waals surface area contributed by atoms with E-state index in [9.17, 15) is 0 Å². The number of hydrogen-bond donors (Lipinski definition) is 1. The minimum atomic E-state index is 0.722. The summed E-state index contributed by atoms with van der Waals surface area (Å²) in [5.41, 5.74) is 0. The van der Waals surface area contributed by atoms with Gasteiger partial charge in [0.15, 0.2) is 0 Å². The van der Waals surface area contributed by atoms with Gasteiger partial charge in [0.1, 0.15) is 0 Å². The van der Waals surface area contributed by atoms with Gasteiger partial charge in [0, 0.05) is 13.2 Å². The predicted octanol–water partition coefficient (Wildman–Crippen LogP) is 3.79. The second kappa shape index (κ2) is 9.85. The van der Waals surface area contributed by atoms with Crippen molar-refractivity contribution in [1.82, 2.24) is 0 Å². The van der Waals surface area contributed by atoms with Crippen molar-refractivity contribution in [2.24, 2.45) is 11.8 Å². The lowest BCUT2D eigenvalue weighted by Gasteiger charge is -2.13. The van der Waals surface area contributed by atoms with Crippen LogP contribution in [0.25, 0.3) is 0 Å². The van der Waals surface area contributed by atoms with Crippen LogP contribution in [0.4, 0.5) is 0 Å². The monoisotopic (exact) mass is 218 g/mol. The Bertz CT molecular complexity index is 103. The van der Waals surface area contributed by atoms with E-state index >= 15 is 0 Å². The van der Waals surface area contributed by atoms with Crippen molar-refractivity contribution >= 4 is 12.6 Å². The van der Waals surface area contributed by atoms with Crippen molar-refractivity contribution in [2.75, 3.05) is 19.0 Å². The molecule has 2 heteroatoms. The molecule has 0 fully saturated rings. The molecule has 0 heterocycles. The highest BCUT2D eigenvalue weighted by atomic mass is 32.1. The normalized spacial score (nSPS) is 15.4. The first-order valence-electron chi connectivity index (χ1n) is 5.89. The largest absolute Gasteiger partial charge is 0.381 e. The zero-order valence-electron chi connectivity index (χ0n) is 9.96. The van der Waals surface area contributed by atoms with E-state index in [-0.39, 0.29) is 0 Å². The van der Waals surface area contributed by atoms with Crippen molar-refractivity contribution in [3.8, 4) is 0 Å². The summed E-state index contributed by atoms with van der Waals surface area (Å²) in [5, 5.41) is 0. The van der Waals surface area contributed by atoms with Crippen molar-refractivity contribution in [2.45, 2.75) is 46.5 Å². The van der Waals surface area contributed by atoms with E-state index in [1.807, 2.05) is 0 Å². The predicted molar refractivity (Wildman–Crippen MR) is 67.1 cm³/mol. The molecule has 2 unspecified atom stereocenters. The molecule has 1 nitrogen and oxygen atoms in total. The molecule has 86 valence electrons. The number of thiol groups is 1. The van der Waals surface area contributed by atoms with E-state index in [4.69, 9.17) is 4.74 Å². The summed E-state index contributed by atoms with van der Waals surface area (Å²) >= 11 is 4.22. The minimum Gasteiger partial charge on any atom is -0.381 e. The number of hydrogen-bond acceptors (Lipinski definition) is 2. The van der Waals surface area contributed by atoms with Crippen LogP contribution in [0.3, 0.4) is 0 Å². The Labute approximate surface area is 95.0 Å². The molecular weight excluding hydrogens is 192 g/mol. The Morgan fingerprint density at radius 2 is 1.79 bits per heavy atom. The lowest BCUT2D eigenvalue weighted by molar-refractivity contribution is 0.0918. The number of ether oxygens (including phenoxy) is 1. The zero-order valence-corrected chi connectivity index (χ0v) is 10.9. The molecule has 0 aliphatic carbocycles. The standard InChI is InChI=1S/C12H26OS/c1-4-5-12(3)10-13-8-6-11(2)7-9-14/h11-12,14H,4-10H2,1-3H3. The van der Waals surface area contributed by atoms with Crippen LogP contribution in [0.15, 0.2) is 0 Å². The molecule has 0 aliphatic heterocycles. The summed E-state index contributed by atoms with van der Waals surface area (Å²) in [6.07, 6.45) is 4.93. The SMILES string of the molecule is CCCC(C)COCCC(C)CCS. The highest BCUT2D eigenvalue weighted by Crippen LogP contribution is 2.10. The van der Waals surface area contributed by atoms with Crippen LogP contribution >= 0.6 is 12.6 Å². The topological polar surface area (TPSA) is 9.23 Å². The van der Waals surface area contributed by atoms with E-state index in [0.717, 1.165) is 30.8 Å². The molecule has 0 rings (SSSR count). The molecule has 0 saturated heterocycles. The third-order valence-corrected chi connectivity index (χ3v) is 2.82. The summed E-state index contributed by atoms with van der Waals surface area (Å²) in [5.74, 6) is 2.47. The molecule has 0 N–H and O–H groups in total. The van der Waals surface area contributed by atoms with Crippen LogP contribution in [0.2, 0.25) is 0 Å². The van der Waals surface area contributed by atoms with E-state index in [2.05, 4.69) is 33.4 Å². The molecule has 14 heavy (non-hydrogen) atoms. The van der Waals surface area contributed by atoms with E-state index in [0.29, 0.717) is 0 Å². The Morgan fingerprint density at radius 3 is 2.36 bits per heavy atom. The second-order valence-electron chi connectivity index (χ2n) is 4.37. The van der Waals surface area contributed by atoms with Crippen LogP contribution < -0.4 is 0 Å². The average Bonchev–Trinajstić information content (AvgIpc) is 2.13. The molecule has 0 aromatic heterocycles. The summed E-state index contributed by atoms with van der Waals surface area (Å²) in [6.45, 7) is 8.62. The fraction of sp³-hybridized carbons (Fsp3) is 1.00. The molecule has 0 amide bonds. The molecule has 0 aromatic carbocycles. The maximum atomic E-state index is 5.64. The third kappa shape index (κ3) is 8.89. The molecule has 0 spiro atoms. The summed E-state index contributed by atoms with van der Waals surface area (Å²) in [7, 11) is 0. The molecule has 0 radical (unpaired) electrons. The van der Waals surface area contributed by atoms with Gasteiger partial charge in [-0.25, -0.2) is 0 Å². The van der Waals surface area contributed by atoms with E-state index in [1.165, 1.54) is 25.7 Å². The van der Waals surface area contributed by atoms with Crippen LogP contribution in [-0.4, -0.2) is 19.0 Å². The van der Waals surface area contributed by atoms with Crippen molar-refractivity contribution in [1.29, 1.82) is 0 Å². The Hall–Kier alpha value is 0.310. The maximum absolute atomic E-state index is 5.64. The summed E-state index contributed by atoms with van der Waals surface area (Å²) in [4.78, 5) is 0. The van der Waals surface area contributed by atoms with Gasteiger partial charge < -0.3 is 4.74 Å². The Morgan fingerprint density at radius 1 is 1.07 bits per heavy atom. The van der Waals surface area contributed by atoms with Gasteiger partial charge in [0.25, 0.3) is 0 Å². The molecule has 0 aromatic rings. The van der Waals surface area contributed by atoms with Crippen LogP contribution in [0, 0.1) is 11.8 Å². The first-order valence-corrected chi connectivity index (χ1v) is 6.52. The average molecular weight is 218 g/mol. The number of rotatable bonds is 9. The Balaban J connectivity index is 3.19. The van der Waals surface area contributed by atoms with Crippen molar-refractivity contribution in [3.05, 3.63) is 0 Å². The molecule has 0 saturated carbocycles. The first-order chi connectivity index (χ1) is 6.70. The van der Waals surface area contributed by atoms with E-state index < -0.39 is 0 Å². The zero-order chi connectivity index (χ0) is 10.8. The van der Waals surface area contributed by atoms with Gasteiger partial charge in [-0.15, -0.1) is 0 Å². The molecule has 0 aliphatic rings. The van der Waals surface area contributed by atoms with Gasteiger partial charge in [0.2, 0.25) is 0 Å². The Kier molecular flexibility index (Phi) is 10.1. The highest BCUT2D eigenvalue weighted by Gasteiger charge is 2.03. The fourth-order valence-electron chi connectivity index (χ4n) is 1.51. The smallest absolute Gasteiger partial charge is 0.0491 e. The van der Waals surface area contributed by atoms with E-state index in [1.54, 1.807) is 0 Å². The highest BCUT2D eigenvalue weighted by molar-refractivity contribution is 7.80.